The zero-order valence-electron chi connectivity index (χ0n) is 21.7. The highest BCUT2D eigenvalue weighted by molar-refractivity contribution is 6.31. The topological polar surface area (TPSA) is 51.7 Å². The molecule has 0 radical (unpaired) electrons. The maximum Gasteiger partial charge on any atom is 0.416 e. The number of cyclic esters (lactones) is 1. The molecular weight excluding hydrogens is 562 g/mol. The number of hydrogen-bond acceptors (Lipinski definition) is 4. The first kappa shape index (κ1) is 29.5. The second-order valence-corrected chi connectivity index (χ2v) is 9.84. The van der Waals surface area contributed by atoms with Crippen molar-refractivity contribution < 1.29 is 40.6 Å². The van der Waals surface area contributed by atoms with Crippen LogP contribution in [0.5, 0.6) is 5.75 Å². The Morgan fingerprint density at radius 1 is 0.975 bits per heavy atom. The highest BCUT2D eigenvalue weighted by atomic mass is 35.5. The van der Waals surface area contributed by atoms with Crippen LogP contribution in [-0.2, 0) is 30.1 Å². The molecule has 1 aliphatic heterocycles. The Bertz CT molecular complexity index is 1380. The van der Waals surface area contributed by atoms with Crippen LogP contribution in [0.2, 0.25) is 5.02 Å². The van der Waals surface area contributed by atoms with E-state index < -0.39 is 47.3 Å². The number of aryl methyl sites for hydroxylation is 1. The van der Waals surface area contributed by atoms with Crippen LogP contribution in [0, 0.1) is 0 Å². The normalized spacial score (nSPS) is 17.8. The van der Waals surface area contributed by atoms with Crippen molar-refractivity contribution in [3.05, 3.63) is 81.6 Å². The predicted octanol–water partition coefficient (Wildman–Crippen LogP) is 8.48. The van der Waals surface area contributed by atoms with Gasteiger partial charge in [-0.25, -0.2) is 4.79 Å². The molecule has 0 aliphatic carbocycles. The van der Waals surface area contributed by atoms with Gasteiger partial charge in [0.15, 0.2) is 0 Å². The summed E-state index contributed by atoms with van der Waals surface area (Å²) in [7, 11) is 1.49. The van der Waals surface area contributed by atoms with Crippen molar-refractivity contribution in [2.45, 2.75) is 57.7 Å². The van der Waals surface area contributed by atoms with Gasteiger partial charge >= 0.3 is 18.4 Å². The van der Waals surface area contributed by atoms with Crippen LogP contribution in [0.25, 0.3) is 11.1 Å². The van der Waals surface area contributed by atoms with Crippen molar-refractivity contribution in [3.8, 4) is 16.9 Å². The van der Waals surface area contributed by atoms with Crippen LogP contribution in [0.4, 0.5) is 31.1 Å². The van der Waals surface area contributed by atoms with Crippen molar-refractivity contribution in [1.29, 1.82) is 0 Å². The first-order valence-electron chi connectivity index (χ1n) is 12.3. The van der Waals surface area contributed by atoms with Gasteiger partial charge in [0, 0.05) is 21.8 Å². The Labute approximate surface area is 231 Å². The number of amides is 1. The molecule has 1 aromatic heterocycles. The molecule has 1 amide bonds. The van der Waals surface area contributed by atoms with Gasteiger partial charge in [0.2, 0.25) is 0 Å². The van der Waals surface area contributed by atoms with E-state index in [2.05, 4.69) is 0 Å². The molecule has 2 atom stereocenters. The smallest absolute Gasteiger partial charge is 0.416 e. The summed E-state index contributed by atoms with van der Waals surface area (Å²) in [6, 6.07) is 8.93. The largest absolute Gasteiger partial charge is 0.496 e. The fourth-order valence-electron chi connectivity index (χ4n) is 4.66. The lowest BCUT2D eigenvalue weighted by Gasteiger charge is -2.23. The number of rotatable bonds is 7. The quantitative estimate of drug-likeness (QED) is 0.261. The number of ether oxygens (including phenoxy) is 2. The third kappa shape index (κ3) is 6.14. The molecule has 5 nitrogen and oxygen atoms in total. The zero-order valence-corrected chi connectivity index (χ0v) is 22.4. The second kappa shape index (κ2) is 11.2. The summed E-state index contributed by atoms with van der Waals surface area (Å²) in [6.07, 6.45) is -10.9. The van der Waals surface area contributed by atoms with Gasteiger partial charge in [0.25, 0.3) is 0 Å². The van der Waals surface area contributed by atoms with E-state index in [1.807, 2.05) is 19.1 Å². The van der Waals surface area contributed by atoms with Gasteiger partial charge in [-0.3, -0.25) is 9.88 Å². The summed E-state index contributed by atoms with van der Waals surface area (Å²) in [5, 5.41) is 0.429. The average molecular weight is 587 g/mol. The summed E-state index contributed by atoms with van der Waals surface area (Å²) < 4.78 is 91.5. The lowest BCUT2D eigenvalue weighted by molar-refractivity contribution is -0.143. The highest BCUT2D eigenvalue weighted by Gasteiger charge is 2.43. The minimum atomic E-state index is -5.03. The highest BCUT2D eigenvalue weighted by Crippen LogP contribution is 2.42. The molecule has 0 N–H and O–H groups in total. The van der Waals surface area contributed by atoms with Crippen LogP contribution >= 0.6 is 11.6 Å². The minimum Gasteiger partial charge on any atom is -0.496 e. The lowest BCUT2D eigenvalue weighted by Crippen LogP contribution is -2.32. The summed E-state index contributed by atoms with van der Waals surface area (Å²) in [4.78, 5) is 18.9. The predicted molar refractivity (Wildman–Crippen MR) is 136 cm³/mol. The van der Waals surface area contributed by atoms with Crippen LogP contribution < -0.4 is 4.74 Å². The maximum absolute atomic E-state index is 13.4. The number of alkyl halides is 6. The fraction of sp³-hybridized carbons (Fsp3) is 0.357. The van der Waals surface area contributed by atoms with Crippen LogP contribution in [0.3, 0.4) is 0 Å². The third-order valence-electron chi connectivity index (χ3n) is 6.64. The molecule has 0 bridgehead atoms. The number of carbonyl (C=O) groups excluding carboxylic acids is 1. The average Bonchev–Trinajstić information content (AvgIpc) is 3.16. The number of benzene rings is 2. The molecule has 12 heteroatoms. The number of halogens is 7. The fourth-order valence-corrected chi connectivity index (χ4v) is 4.83. The molecule has 40 heavy (non-hydrogen) atoms. The van der Waals surface area contributed by atoms with E-state index in [9.17, 15) is 31.1 Å². The number of carbonyl (C=O) groups is 1. The molecule has 1 aliphatic rings. The summed E-state index contributed by atoms with van der Waals surface area (Å²) >= 11 is 6.23. The maximum atomic E-state index is 13.4. The molecule has 0 spiro atoms. The standard InChI is InChI=1S/C28H25ClF6N2O3/c1-4-5-20-7-8-21(22-13-19(29)6-9-24(22)39-3)23(36-20)14-37-15(2)25(40-26(37)38)16-10-17(27(30,31)32)12-18(11-16)28(33,34)35/h6-13,15,25H,4-5,14H2,1-3H3/t15-,25-/m0/s1. The van der Waals surface area contributed by atoms with Crippen molar-refractivity contribution in [2.75, 3.05) is 7.11 Å². The minimum absolute atomic E-state index is 0.0382. The summed E-state index contributed by atoms with van der Waals surface area (Å²) in [6.45, 7) is 3.35. The van der Waals surface area contributed by atoms with E-state index in [4.69, 9.17) is 26.1 Å². The van der Waals surface area contributed by atoms with Gasteiger partial charge in [-0.2, -0.15) is 26.3 Å². The van der Waals surface area contributed by atoms with E-state index in [0.29, 0.717) is 46.1 Å². The van der Waals surface area contributed by atoms with Crippen LogP contribution in [0.15, 0.2) is 48.5 Å². The third-order valence-corrected chi connectivity index (χ3v) is 6.88. The number of methoxy groups -OCH3 is 1. The molecule has 1 saturated heterocycles. The molecule has 3 aromatic rings. The molecule has 0 unspecified atom stereocenters. The van der Waals surface area contributed by atoms with Gasteiger partial charge in [-0.15, -0.1) is 0 Å². The lowest BCUT2D eigenvalue weighted by atomic mass is 9.97. The SMILES string of the molecule is CCCc1ccc(-c2cc(Cl)ccc2OC)c(CN2C(=O)O[C@H](c3cc(C(F)(F)F)cc(C(F)(F)F)c3)[C@@H]2C)n1. The summed E-state index contributed by atoms with van der Waals surface area (Å²) in [5.41, 5.74) is -0.990. The van der Waals surface area contributed by atoms with Crippen molar-refractivity contribution >= 4 is 17.7 Å². The monoisotopic (exact) mass is 586 g/mol. The van der Waals surface area contributed by atoms with Crippen molar-refractivity contribution in [1.82, 2.24) is 9.88 Å². The van der Waals surface area contributed by atoms with Gasteiger partial charge in [0.1, 0.15) is 11.9 Å². The van der Waals surface area contributed by atoms with Gasteiger partial charge in [-0.1, -0.05) is 31.0 Å². The molecule has 2 aromatic carbocycles. The molecule has 214 valence electrons. The molecule has 4 rings (SSSR count). The Morgan fingerprint density at radius 3 is 2.20 bits per heavy atom. The van der Waals surface area contributed by atoms with Gasteiger partial charge in [-0.05, 0) is 61.4 Å². The molecular formula is C28H25ClF6N2O3. The number of aromatic nitrogens is 1. The zero-order chi connectivity index (χ0) is 29.4. The van der Waals surface area contributed by atoms with E-state index in [1.54, 1.807) is 18.2 Å². The molecule has 0 saturated carbocycles. The number of pyridine rings is 1. The molecule has 1 fully saturated rings. The van der Waals surface area contributed by atoms with Gasteiger partial charge < -0.3 is 9.47 Å². The molecule has 2 heterocycles. The Balaban J connectivity index is 1.74. The van der Waals surface area contributed by atoms with Crippen molar-refractivity contribution in [2.24, 2.45) is 0 Å². The van der Waals surface area contributed by atoms with E-state index in [-0.39, 0.29) is 12.6 Å². The van der Waals surface area contributed by atoms with Crippen LogP contribution in [-0.4, -0.2) is 29.1 Å². The van der Waals surface area contributed by atoms with E-state index in [0.717, 1.165) is 12.1 Å². The van der Waals surface area contributed by atoms with Crippen LogP contribution in [0.1, 0.15) is 54.5 Å². The van der Waals surface area contributed by atoms with Gasteiger partial charge in [0.05, 0.1) is 36.5 Å². The van der Waals surface area contributed by atoms with Crippen molar-refractivity contribution in [3.63, 3.8) is 0 Å². The Hall–Kier alpha value is -3.47. The van der Waals surface area contributed by atoms with E-state index in [1.165, 1.54) is 18.9 Å². The Kier molecular flexibility index (Phi) is 8.26. The Morgan fingerprint density at radius 2 is 1.62 bits per heavy atom. The first-order valence-corrected chi connectivity index (χ1v) is 12.7. The first-order chi connectivity index (χ1) is 18.7. The number of nitrogens with zero attached hydrogens (tertiary/aromatic N) is 2. The van der Waals surface area contributed by atoms with E-state index >= 15 is 0 Å². The second-order valence-electron chi connectivity index (χ2n) is 9.40. The number of hydrogen-bond donors (Lipinski definition) is 0. The summed E-state index contributed by atoms with van der Waals surface area (Å²) in [5.74, 6) is 0.495.